The first-order valence-corrected chi connectivity index (χ1v) is 4.19. The fourth-order valence-corrected chi connectivity index (χ4v) is 1.65. The highest BCUT2D eigenvalue weighted by Crippen LogP contribution is 2.19. The average Bonchev–Trinajstić information content (AvgIpc) is 2.07. The molecule has 0 heterocycles. The van der Waals surface area contributed by atoms with Crippen LogP contribution in [0.2, 0.25) is 0 Å². The van der Waals surface area contributed by atoms with Gasteiger partial charge in [-0.25, -0.2) is 0 Å². The minimum Gasteiger partial charge on any atom is -0.294 e. The lowest BCUT2D eigenvalue weighted by Gasteiger charge is -2.14. The van der Waals surface area contributed by atoms with Gasteiger partial charge in [0.2, 0.25) is 0 Å². The van der Waals surface area contributed by atoms with Gasteiger partial charge < -0.3 is 0 Å². The van der Waals surface area contributed by atoms with Crippen molar-refractivity contribution in [2.24, 2.45) is 0 Å². The van der Waals surface area contributed by atoms with Crippen LogP contribution < -0.4 is 5.46 Å². The maximum Gasteiger partial charge on any atom is 0.163 e. The monoisotopic (exact) mass is 156 g/mol. The van der Waals surface area contributed by atoms with E-state index in [1.54, 1.807) is 6.07 Å². The molecule has 2 rings (SSSR count). The Morgan fingerprint density at radius 2 is 2.08 bits per heavy atom. The number of aryl methyl sites for hydroxylation is 1. The Bertz CT molecular complexity index is 331. The molecule has 12 heavy (non-hydrogen) atoms. The standard InChI is InChI=1S/C10H9BO/c11-8-5-4-7-2-1-3-10(12)9(7)6-8/h4-6H,1-3H2. The van der Waals surface area contributed by atoms with Gasteiger partial charge in [-0.3, -0.25) is 4.79 Å². The number of hydrogen-bond donors (Lipinski definition) is 0. The van der Waals surface area contributed by atoms with E-state index in [2.05, 4.69) is 0 Å². The number of carbonyl (C=O) groups is 1. The predicted molar refractivity (Wildman–Crippen MR) is 49.1 cm³/mol. The highest BCUT2D eigenvalue weighted by molar-refractivity contribution is 6.32. The van der Waals surface area contributed by atoms with E-state index in [-0.39, 0.29) is 5.78 Å². The Morgan fingerprint density at radius 3 is 2.92 bits per heavy atom. The van der Waals surface area contributed by atoms with Crippen molar-refractivity contribution < 1.29 is 4.79 Å². The molecule has 0 N–H and O–H groups in total. The number of Topliss-reactive ketones (excluding diaryl/α,β-unsaturated/α-hetero) is 1. The van der Waals surface area contributed by atoms with Crippen LogP contribution in [0.4, 0.5) is 0 Å². The van der Waals surface area contributed by atoms with Crippen molar-refractivity contribution >= 4 is 19.1 Å². The normalized spacial score (nSPS) is 15.8. The molecule has 0 amide bonds. The number of ketones is 1. The summed E-state index contributed by atoms with van der Waals surface area (Å²) >= 11 is 0. The molecule has 1 nitrogen and oxygen atoms in total. The molecule has 0 bridgehead atoms. The molecule has 58 valence electrons. The summed E-state index contributed by atoms with van der Waals surface area (Å²) in [6, 6.07) is 5.61. The third kappa shape index (κ3) is 1.18. The molecule has 1 aliphatic rings. The first-order chi connectivity index (χ1) is 5.77. The maximum absolute atomic E-state index is 11.4. The van der Waals surface area contributed by atoms with Crippen molar-refractivity contribution in [2.75, 3.05) is 0 Å². The third-order valence-electron chi connectivity index (χ3n) is 2.28. The number of fused-ring (bicyclic) bond motifs is 1. The first-order valence-electron chi connectivity index (χ1n) is 4.19. The van der Waals surface area contributed by atoms with E-state index < -0.39 is 0 Å². The van der Waals surface area contributed by atoms with E-state index in [9.17, 15) is 4.79 Å². The summed E-state index contributed by atoms with van der Waals surface area (Å²) in [6.07, 6.45) is 2.67. The Labute approximate surface area is 73.2 Å². The molecule has 0 fully saturated rings. The molecular weight excluding hydrogens is 147 g/mol. The topological polar surface area (TPSA) is 17.1 Å². The molecule has 0 unspecified atom stereocenters. The number of carbonyl (C=O) groups excluding carboxylic acids is 1. The van der Waals surface area contributed by atoms with Crippen LogP contribution >= 0.6 is 0 Å². The largest absolute Gasteiger partial charge is 0.294 e. The molecule has 2 heteroatoms. The molecule has 1 aromatic carbocycles. The molecule has 0 atom stereocenters. The van der Waals surface area contributed by atoms with Crippen LogP contribution in [0.5, 0.6) is 0 Å². The van der Waals surface area contributed by atoms with Gasteiger partial charge in [-0.1, -0.05) is 23.7 Å². The van der Waals surface area contributed by atoms with Crippen LogP contribution in [-0.2, 0) is 6.42 Å². The highest BCUT2D eigenvalue weighted by Gasteiger charge is 2.15. The van der Waals surface area contributed by atoms with Gasteiger partial charge in [0.1, 0.15) is 7.85 Å². The summed E-state index contributed by atoms with van der Waals surface area (Å²) in [6.45, 7) is 0. The zero-order chi connectivity index (χ0) is 8.55. The van der Waals surface area contributed by atoms with Crippen molar-refractivity contribution in [1.82, 2.24) is 0 Å². The summed E-state index contributed by atoms with van der Waals surface area (Å²) in [7, 11) is 5.59. The molecule has 0 saturated heterocycles. The molecular formula is C10H9BO. The van der Waals surface area contributed by atoms with E-state index in [4.69, 9.17) is 7.85 Å². The van der Waals surface area contributed by atoms with Gasteiger partial charge >= 0.3 is 0 Å². The summed E-state index contributed by atoms with van der Waals surface area (Å²) < 4.78 is 0. The predicted octanol–water partition coefficient (Wildman–Crippen LogP) is 0.999. The van der Waals surface area contributed by atoms with E-state index in [0.717, 1.165) is 24.0 Å². The lowest BCUT2D eigenvalue weighted by atomic mass is 9.85. The van der Waals surface area contributed by atoms with Crippen LogP contribution in [0.3, 0.4) is 0 Å². The lowest BCUT2D eigenvalue weighted by molar-refractivity contribution is 0.0972. The summed E-state index contributed by atoms with van der Waals surface area (Å²) in [5.74, 6) is 0.239. The van der Waals surface area contributed by atoms with Crippen molar-refractivity contribution in [2.45, 2.75) is 19.3 Å². The Balaban J connectivity index is 2.54. The SMILES string of the molecule is [B]c1ccc2c(c1)C(=O)CCC2. The molecule has 0 aromatic heterocycles. The fourth-order valence-electron chi connectivity index (χ4n) is 1.65. The Kier molecular flexibility index (Phi) is 1.76. The summed E-state index contributed by atoms with van der Waals surface area (Å²) in [5, 5.41) is 0. The van der Waals surface area contributed by atoms with E-state index in [1.165, 1.54) is 0 Å². The van der Waals surface area contributed by atoms with Crippen LogP contribution in [0.1, 0.15) is 28.8 Å². The second-order valence-corrected chi connectivity index (χ2v) is 3.19. The zero-order valence-corrected chi connectivity index (χ0v) is 6.84. The Hall–Kier alpha value is -1.05. The number of benzene rings is 1. The lowest BCUT2D eigenvalue weighted by Crippen LogP contribution is -2.15. The van der Waals surface area contributed by atoms with Gasteiger partial charge in [0.25, 0.3) is 0 Å². The second-order valence-electron chi connectivity index (χ2n) is 3.19. The van der Waals surface area contributed by atoms with Crippen molar-refractivity contribution in [1.29, 1.82) is 0 Å². The van der Waals surface area contributed by atoms with Crippen LogP contribution in [-0.4, -0.2) is 13.6 Å². The average molecular weight is 156 g/mol. The van der Waals surface area contributed by atoms with Gasteiger partial charge in [-0.05, 0) is 18.4 Å². The highest BCUT2D eigenvalue weighted by atomic mass is 16.1. The van der Waals surface area contributed by atoms with Gasteiger partial charge in [0.05, 0.1) is 0 Å². The van der Waals surface area contributed by atoms with E-state index in [1.807, 2.05) is 12.1 Å². The molecule has 0 aliphatic heterocycles. The molecule has 0 spiro atoms. The second kappa shape index (κ2) is 2.78. The van der Waals surface area contributed by atoms with Gasteiger partial charge in [0.15, 0.2) is 5.78 Å². The van der Waals surface area contributed by atoms with Crippen LogP contribution in [0, 0.1) is 0 Å². The molecule has 1 aliphatic carbocycles. The van der Waals surface area contributed by atoms with Crippen molar-refractivity contribution in [3.05, 3.63) is 29.3 Å². The molecule has 1 aromatic rings. The molecule has 2 radical (unpaired) electrons. The minimum absolute atomic E-state index is 0.239. The van der Waals surface area contributed by atoms with Gasteiger partial charge in [-0.2, -0.15) is 0 Å². The van der Waals surface area contributed by atoms with Gasteiger partial charge in [0, 0.05) is 12.0 Å². The zero-order valence-electron chi connectivity index (χ0n) is 6.84. The van der Waals surface area contributed by atoms with E-state index in [0.29, 0.717) is 11.9 Å². The van der Waals surface area contributed by atoms with Gasteiger partial charge in [-0.15, -0.1) is 0 Å². The molecule has 0 saturated carbocycles. The summed E-state index contributed by atoms with van der Waals surface area (Å²) in [4.78, 5) is 11.4. The van der Waals surface area contributed by atoms with Crippen LogP contribution in [0.15, 0.2) is 18.2 Å². The Morgan fingerprint density at radius 1 is 1.25 bits per heavy atom. The van der Waals surface area contributed by atoms with Crippen molar-refractivity contribution in [3.8, 4) is 0 Å². The van der Waals surface area contributed by atoms with Crippen LogP contribution in [0.25, 0.3) is 0 Å². The third-order valence-corrected chi connectivity index (χ3v) is 2.28. The maximum atomic E-state index is 11.4. The van der Waals surface area contributed by atoms with Crippen molar-refractivity contribution in [3.63, 3.8) is 0 Å². The fraction of sp³-hybridized carbons (Fsp3) is 0.300. The van der Waals surface area contributed by atoms with E-state index >= 15 is 0 Å². The minimum atomic E-state index is 0.239. The number of rotatable bonds is 0. The first kappa shape index (κ1) is 7.60. The quantitative estimate of drug-likeness (QED) is 0.512. The smallest absolute Gasteiger partial charge is 0.163 e. The number of hydrogen-bond acceptors (Lipinski definition) is 1. The summed E-state index contributed by atoms with van der Waals surface area (Å²) in [5.41, 5.74) is 2.67.